The number of nitrogens with zero attached hydrogens (tertiary/aromatic N) is 1. The number of hydrogen-bond acceptors (Lipinski definition) is 4. The molecule has 3 rings (SSSR count). The van der Waals surface area contributed by atoms with E-state index >= 15 is 0 Å². The van der Waals surface area contributed by atoms with Crippen molar-refractivity contribution in [1.82, 2.24) is 5.32 Å². The van der Waals surface area contributed by atoms with E-state index in [-0.39, 0.29) is 18.2 Å². The van der Waals surface area contributed by atoms with Gasteiger partial charge in [0.2, 0.25) is 11.8 Å². The van der Waals surface area contributed by atoms with E-state index in [0.717, 1.165) is 5.56 Å². The predicted molar refractivity (Wildman–Crippen MR) is 103 cm³/mol. The number of halogens is 1. The summed E-state index contributed by atoms with van der Waals surface area (Å²) < 4.78 is 10.5. The molecule has 1 unspecified atom stereocenters. The van der Waals surface area contributed by atoms with Gasteiger partial charge in [0.05, 0.1) is 30.8 Å². The zero-order chi connectivity index (χ0) is 19.4. The molecule has 2 aromatic rings. The van der Waals surface area contributed by atoms with E-state index in [0.29, 0.717) is 35.3 Å². The van der Waals surface area contributed by atoms with Crippen LogP contribution in [0.25, 0.3) is 0 Å². The molecule has 7 heteroatoms. The van der Waals surface area contributed by atoms with Crippen LogP contribution in [-0.4, -0.2) is 32.6 Å². The van der Waals surface area contributed by atoms with Gasteiger partial charge in [-0.25, -0.2) is 0 Å². The fraction of sp³-hybridized carbons (Fsp3) is 0.300. The molecule has 1 atom stereocenters. The number of anilines is 1. The molecule has 1 heterocycles. The Labute approximate surface area is 163 Å². The normalized spacial score (nSPS) is 16.3. The molecule has 0 spiro atoms. The van der Waals surface area contributed by atoms with Crippen molar-refractivity contribution in [1.29, 1.82) is 0 Å². The monoisotopic (exact) mass is 388 g/mol. The van der Waals surface area contributed by atoms with Gasteiger partial charge in [0.25, 0.3) is 0 Å². The van der Waals surface area contributed by atoms with Gasteiger partial charge in [-0.3, -0.25) is 9.59 Å². The number of carbonyl (C=O) groups excluding carboxylic acids is 2. The molecule has 1 aliphatic heterocycles. The van der Waals surface area contributed by atoms with Crippen LogP contribution in [0.3, 0.4) is 0 Å². The van der Waals surface area contributed by atoms with E-state index in [1.54, 1.807) is 43.4 Å². The number of para-hydroxylation sites is 1. The zero-order valence-electron chi connectivity index (χ0n) is 15.2. The maximum Gasteiger partial charge on any atom is 0.227 e. The fourth-order valence-corrected chi connectivity index (χ4v) is 3.35. The molecule has 0 radical (unpaired) electrons. The quantitative estimate of drug-likeness (QED) is 0.826. The number of rotatable bonds is 6. The van der Waals surface area contributed by atoms with Gasteiger partial charge in [-0.2, -0.15) is 0 Å². The highest BCUT2D eigenvalue weighted by Crippen LogP contribution is 2.31. The molecule has 2 aromatic carbocycles. The van der Waals surface area contributed by atoms with Crippen molar-refractivity contribution in [3.63, 3.8) is 0 Å². The molecule has 1 aliphatic rings. The first-order valence-electron chi connectivity index (χ1n) is 8.57. The highest BCUT2D eigenvalue weighted by atomic mass is 35.5. The van der Waals surface area contributed by atoms with Crippen molar-refractivity contribution in [2.75, 3.05) is 25.7 Å². The van der Waals surface area contributed by atoms with Crippen LogP contribution in [-0.2, 0) is 16.1 Å². The van der Waals surface area contributed by atoms with Crippen LogP contribution in [0, 0.1) is 5.92 Å². The van der Waals surface area contributed by atoms with Crippen molar-refractivity contribution in [2.45, 2.75) is 13.0 Å². The fourth-order valence-electron chi connectivity index (χ4n) is 3.11. The summed E-state index contributed by atoms with van der Waals surface area (Å²) in [6.45, 7) is 0.622. The summed E-state index contributed by atoms with van der Waals surface area (Å²) in [5.41, 5.74) is 1.47. The Balaban J connectivity index is 1.64. The van der Waals surface area contributed by atoms with Crippen LogP contribution in [0.1, 0.15) is 12.0 Å². The first-order valence-corrected chi connectivity index (χ1v) is 8.94. The summed E-state index contributed by atoms with van der Waals surface area (Å²) in [5.74, 6) is 0.618. The molecule has 0 saturated carbocycles. The molecule has 0 bridgehead atoms. The van der Waals surface area contributed by atoms with Gasteiger partial charge in [0.1, 0.15) is 11.5 Å². The maximum absolute atomic E-state index is 12.6. The van der Waals surface area contributed by atoms with Crippen LogP contribution in [0.2, 0.25) is 5.02 Å². The summed E-state index contributed by atoms with van der Waals surface area (Å²) in [7, 11) is 3.15. The van der Waals surface area contributed by atoms with Gasteiger partial charge in [-0.15, -0.1) is 0 Å². The summed E-state index contributed by atoms with van der Waals surface area (Å²) in [6.07, 6.45) is 0.163. The Morgan fingerprint density at radius 3 is 2.70 bits per heavy atom. The molecular formula is C20H21ClN2O4. The number of ether oxygens (including phenoxy) is 2. The van der Waals surface area contributed by atoms with Crippen molar-refractivity contribution in [2.24, 2.45) is 5.92 Å². The lowest BCUT2D eigenvalue weighted by molar-refractivity contribution is -0.126. The molecule has 1 fully saturated rings. The molecule has 2 amide bonds. The molecule has 0 aliphatic carbocycles. The summed E-state index contributed by atoms with van der Waals surface area (Å²) in [5, 5.41) is 3.38. The predicted octanol–water partition coefficient (Wildman–Crippen LogP) is 3.03. The van der Waals surface area contributed by atoms with Crippen molar-refractivity contribution >= 4 is 29.1 Å². The minimum atomic E-state index is -0.419. The molecule has 142 valence electrons. The Morgan fingerprint density at radius 2 is 2.00 bits per heavy atom. The van der Waals surface area contributed by atoms with Crippen LogP contribution < -0.4 is 19.7 Å². The third-order valence-corrected chi connectivity index (χ3v) is 4.91. The van der Waals surface area contributed by atoms with Crippen molar-refractivity contribution < 1.29 is 19.1 Å². The third kappa shape index (κ3) is 4.17. The SMILES string of the molecule is COc1ccc(CNC(=O)C2CC(=O)N(c3ccccc3Cl)C2)c(OC)c1. The van der Waals surface area contributed by atoms with Gasteiger partial charge in [-0.1, -0.05) is 23.7 Å². The summed E-state index contributed by atoms with van der Waals surface area (Å²) in [4.78, 5) is 26.5. The molecule has 1 N–H and O–H groups in total. The van der Waals surface area contributed by atoms with E-state index in [1.165, 1.54) is 0 Å². The maximum atomic E-state index is 12.6. The summed E-state index contributed by atoms with van der Waals surface area (Å²) in [6, 6.07) is 12.5. The lowest BCUT2D eigenvalue weighted by atomic mass is 10.1. The average Bonchev–Trinajstić information content (AvgIpc) is 3.07. The van der Waals surface area contributed by atoms with Crippen LogP contribution in [0.15, 0.2) is 42.5 Å². The average molecular weight is 389 g/mol. The molecule has 27 heavy (non-hydrogen) atoms. The number of methoxy groups -OCH3 is 2. The van der Waals surface area contributed by atoms with E-state index in [2.05, 4.69) is 5.32 Å². The van der Waals surface area contributed by atoms with Crippen molar-refractivity contribution in [3.05, 3.63) is 53.1 Å². The van der Waals surface area contributed by atoms with Gasteiger partial charge in [-0.05, 0) is 24.3 Å². The standard InChI is InChI=1S/C20H21ClN2O4/c1-26-15-8-7-13(18(10-15)27-2)11-22-20(25)14-9-19(24)23(12-14)17-6-4-3-5-16(17)21/h3-8,10,14H,9,11-12H2,1-2H3,(H,22,25). The highest BCUT2D eigenvalue weighted by molar-refractivity contribution is 6.33. The highest BCUT2D eigenvalue weighted by Gasteiger charge is 2.35. The Kier molecular flexibility index (Phi) is 5.86. The zero-order valence-corrected chi connectivity index (χ0v) is 16.0. The van der Waals surface area contributed by atoms with E-state index < -0.39 is 5.92 Å². The molecular weight excluding hydrogens is 368 g/mol. The first-order chi connectivity index (χ1) is 13.0. The number of hydrogen-bond donors (Lipinski definition) is 1. The van der Waals surface area contributed by atoms with Crippen LogP contribution in [0.4, 0.5) is 5.69 Å². The Bertz CT molecular complexity index is 856. The lowest BCUT2D eigenvalue weighted by Gasteiger charge is -2.18. The van der Waals surface area contributed by atoms with Gasteiger partial charge in [0.15, 0.2) is 0 Å². The van der Waals surface area contributed by atoms with E-state index in [9.17, 15) is 9.59 Å². The Hall–Kier alpha value is -2.73. The number of nitrogens with one attached hydrogen (secondary N) is 1. The topological polar surface area (TPSA) is 67.9 Å². The number of amides is 2. The Morgan fingerprint density at radius 1 is 1.22 bits per heavy atom. The second-order valence-electron chi connectivity index (χ2n) is 6.25. The minimum Gasteiger partial charge on any atom is -0.497 e. The largest absolute Gasteiger partial charge is 0.497 e. The number of benzene rings is 2. The van der Waals surface area contributed by atoms with Crippen molar-refractivity contribution in [3.8, 4) is 11.5 Å². The van der Waals surface area contributed by atoms with E-state index in [1.807, 2.05) is 18.2 Å². The summed E-state index contributed by atoms with van der Waals surface area (Å²) >= 11 is 6.18. The third-order valence-electron chi connectivity index (χ3n) is 4.59. The van der Waals surface area contributed by atoms with Gasteiger partial charge < -0.3 is 19.7 Å². The van der Waals surface area contributed by atoms with Gasteiger partial charge in [0, 0.05) is 31.1 Å². The first kappa shape index (κ1) is 19.0. The molecule has 1 saturated heterocycles. The number of carbonyl (C=O) groups is 2. The van der Waals surface area contributed by atoms with Crippen LogP contribution in [0.5, 0.6) is 11.5 Å². The second kappa shape index (κ2) is 8.31. The smallest absolute Gasteiger partial charge is 0.227 e. The minimum absolute atomic E-state index is 0.106. The van der Waals surface area contributed by atoms with E-state index in [4.69, 9.17) is 21.1 Å². The molecule has 0 aromatic heterocycles. The molecule has 6 nitrogen and oxygen atoms in total. The second-order valence-corrected chi connectivity index (χ2v) is 6.66. The van der Waals surface area contributed by atoms with Crippen LogP contribution >= 0.6 is 11.6 Å². The lowest BCUT2D eigenvalue weighted by Crippen LogP contribution is -2.32. The van der Waals surface area contributed by atoms with Gasteiger partial charge >= 0.3 is 0 Å².